The molecule has 7 nitrogen and oxygen atoms in total. The highest BCUT2D eigenvalue weighted by Gasteiger charge is 2.06. The van der Waals surface area contributed by atoms with Crippen LogP contribution < -0.4 is 11.1 Å². The summed E-state index contributed by atoms with van der Waals surface area (Å²) >= 11 is 0. The number of ether oxygens (including phenoxy) is 1. The predicted molar refractivity (Wildman–Crippen MR) is 70.2 cm³/mol. The smallest absolute Gasteiger partial charge is 0.250 e. The van der Waals surface area contributed by atoms with E-state index >= 15 is 0 Å². The van der Waals surface area contributed by atoms with Gasteiger partial charge >= 0.3 is 0 Å². The Labute approximate surface area is 110 Å². The number of anilines is 1. The van der Waals surface area contributed by atoms with Gasteiger partial charge in [-0.25, -0.2) is 4.98 Å². The standard InChI is InChI=1S/C12H15N5O2/c1-19-7-11(18)14-9-4-2-8(3-5-9)12-15-10(6-13)16-17-12/h2-5H,6-7,13H2,1H3,(H,14,18)(H,15,16,17). The molecular weight excluding hydrogens is 246 g/mol. The topological polar surface area (TPSA) is 106 Å². The van der Waals surface area contributed by atoms with Crippen molar-refractivity contribution in [2.45, 2.75) is 6.54 Å². The fourth-order valence-electron chi connectivity index (χ4n) is 1.55. The van der Waals surface area contributed by atoms with Gasteiger partial charge in [-0.2, -0.15) is 5.10 Å². The Kier molecular flexibility index (Phi) is 4.22. The molecule has 2 aromatic rings. The Morgan fingerprint density at radius 3 is 2.74 bits per heavy atom. The van der Waals surface area contributed by atoms with Gasteiger partial charge in [0.1, 0.15) is 12.4 Å². The molecule has 0 aliphatic heterocycles. The van der Waals surface area contributed by atoms with Crippen LogP contribution in [0.3, 0.4) is 0 Å². The van der Waals surface area contributed by atoms with E-state index in [-0.39, 0.29) is 12.5 Å². The Balaban J connectivity index is 2.07. The Morgan fingerprint density at radius 1 is 1.42 bits per heavy atom. The zero-order valence-corrected chi connectivity index (χ0v) is 10.5. The summed E-state index contributed by atoms with van der Waals surface area (Å²) in [5, 5.41) is 9.50. The van der Waals surface area contributed by atoms with Crippen LogP contribution in [0, 0.1) is 0 Å². The van der Waals surface area contributed by atoms with E-state index in [1.165, 1.54) is 7.11 Å². The average molecular weight is 261 g/mol. The van der Waals surface area contributed by atoms with Crippen molar-refractivity contribution in [2.75, 3.05) is 19.0 Å². The summed E-state index contributed by atoms with van der Waals surface area (Å²) < 4.78 is 4.74. The number of amides is 1. The summed E-state index contributed by atoms with van der Waals surface area (Å²) in [5.41, 5.74) is 7.00. The highest BCUT2D eigenvalue weighted by atomic mass is 16.5. The number of H-pyrrole nitrogens is 1. The largest absolute Gasteiger partial charge is 0.375 e. The third-order valence-corrected chi connectivity index (χ3v) is 2.43. The summed E-state index contributed by atoms with van der Waals surface area (Å²) in [6.07, 6.45) is 0. The molecule has 0 bridgehead atoms. The maximum absolute atomic E-state index is 11.3. The lowest BCUT2D eigenvalue weighted by atomic mass is 10.2. The molecular formula is C12H15N5O2. The first-order valence-electron chi connectivity index (χ1n) is 5.73. The minimum atomic E-state index is -0.196. The molecule has 0 atom stereocenters. The molecule has 7 heteroatoms. The molecule has 0 radical (unpaired) electrons. The minimum absolute atomic E-state index is 0.0303. The number of aromatic nitrogens is 3. The van der Waals surface area contributed by atoms with Crippen molar-refractivity contribution in [3.63, 3.8) is 0 Å². The summed E-state index contributed by atoms with van der Waals surface area (Å²) in [6, 6.07) is 7.21. The number of methoxy groups -OCH3 is 1. The molecule has 1 heterocycles. The van der Waals surface area contributed by atoms with Crippen molar-refractivity contribution in [2.24, 2.45) is 5.73 Å². The first-order chi connectivity index (χ1) is 9.22. The summed E-state index contributed by atoms with van der Waals surface area (Å²) in [6.45, 7) is 0.348. The van der Waals surface area contributed by atoms with Crippen LogP contribution in [-0.2, 0) is 16.1 Å². The van der Waals surface area contributed by atoms with Crippen molar-refractivity contribution in [3.8, 4) is 11.4 Å². The number of nitrogens with two attached hydrogens (primary N) is 1. The normalized spacial score (nSPS) is 10.4. The van der Waals surface area contributed by atoms with Crippen LogP contribution in [0.2, 0.25) is 0 Å². The molecule has 1 aromatic carbocycles. The monoisotopic (exact) mass is 261 g/mol. The van der Waals surface area contributed by atoms with Crippen LogP contribution in [-0.4, -0.2) is 34.8 Å². The van der Waals surface area contributed by atoms with Crippen molar-refractivity contribution >= 4 is 11.6 Å². The van der Waals surface area contributed by atoms with Gasteiger partial charge in [0.15, 0.2) is 5.82 Å². The SMILES string of the molecule is COCC(=O)Nc1ccc(-c2n[nH]c(CN)n2)cc1. The molecule has 0 spiro atoms. The first kappa shape index (κ1) is 13.2. The number of benzene rings is 1. The molecule has 0 aliphatic rings. The van der Waals surface area contributed by atoms with Crippen molar-refractivity contribution < 1.29 is 9.53 Å². The third-order valence-electron chi connectivity index (χ3n) is 2.43. The van der Waals surface area contributed by atoms with Gasteiger partial charge in [-0.15, -0.1) is 0 Å². The number of carbonyl (C=O) groups is 1. The van der Waals surface area contributed by atoms with Gasteiger partial charge in [-0.3, -0.25) is 9.89 Å². The second-order valence-electron chi connectivity index (χ2n) is 3.87. The Bertz CT molecular complexity index is 550. The molecule has 2 rings (SSSR count). The summed E-state index contributed by atoms with van der Waals surface area (Å²) in [7, 11) is 1.47. The highest BCUT2D eigenvalue weighted by Crippen LogP contribution is 2.17. The Morgan fingerprint density at radius 2 is 2.16 bits per heavy atom. The van der Waals surface area contributed by atoms with Crippen LogP contribution in [0.15, 0.2) is 24.3 Å². The maximum atomic E-state index is 11.3. The van der Waals surface area contributed by atoms with Gasteiger partial charge in [-0.1, -0.05) is 0 Å². The molecule has 100 valence electrons. The number of nitrogens with one attached hydrogen (secondary N) is 2. The molecule has 4 N–H and O–H groups in total. The average Bonchev–Trinajstić information content (AvgIpc) is 2.88. The number of hydrogen-bond donors (Lipinski definition) is 3. The lowest BCUT2D eigenvalue weighted by Crippen LogP contribution is -2.16. The van der Waals surface area contributed by atoms with Crippen molar-refractivity contribution in [1.29, 1.82) is 0 Å². The van der Waals surface area contributed by atoms with Crippen LogP contribution in [0.1, 0.15) is 5.82 Å². The van der Waals surface area contributed by atoms with Gasteiger partial charge < -0.3 is 15.8 Å². The number of carbonyl (C=O) groups excluding carboxylic acids is 1. The van der Waals surface area contributed by atoms with E-state index in [9.17, 15) is 4.79 Å². The lowest BCUT2D eigenvalue weighted by Gasteiger charge is -2.04. The van der Waals surface area contributed by atoms with Crippen molar-refractivity contribution in [3.05, 3.63) is 30.1 Å². The number of hydrogen-bond acceptors (Lipinski definition) is 5. The van der Waals surface area contributed by atoms with Gasteiger partial charge in [0, 0.05) is 18.4 Å². The zero-order chi connectivity index (χ0) is 13.7. The summed E-state index contributed by atoms with van der Waals surface area (Å²) in [5.74, 6) is 1.02. The quantitative estimate of drug-likeness (QED) is 0.727. The zero-order valence-electron chi connectivity index (χ0n) is 10.5. The van der Waals surface area contributed by atoms with E-state index < -0.39 is 0 Å². The summed E-state index contributed by atoms with van der Waals surface area (Å²) in [4.78, 5) is 15.5. The third kappa shape index (κ3) is 3.36. The van der Waals surface area contributed by atoms with Gasteiger partial charge in [0.2, 0.25) is 5.91 Å². The fraction of sp³-hybridized carbons (Fsp3) is 0.250. The Hall–Kier alpha value is -2.25. The van der Waals surface area contributed by atoms with Crippen molar-refractivity contribution in [1.82, 2.24) is 15.2 Å². The second kappa shape index (κ2) is 6.07. The first-order valence-corrected chi connectivity index (χ1v) is 5.73. The minimum Gasteiger partial charge on any atom is -0.375 e. The van der Waals surface area contributed by atoms with Gasteiger partial charge in [-0.05, 0) is 24.3 Å². The lowest BCUT2D eigenvalue weighted by molar-refractivity contribution is -0.119. The number of aromatic amines is 1. The van der Waals surface area contributed by atoms with E-state index in [0.717, 1.165) is 5.56 Å². The van der Waals surface area contributed by atoms with E-state index in [1.54, 1.807) is 12.1 Å². The van der Waals surface area contributed by atoms with Crippen LogP contribution in [0.5, 0.6) is 0 Å². The molecule has 0 aliphatic carbocycles. The molecule has 0 unspecified atom stereocenters. The molecule has 1 amide bonds. The maximum Gasteiger partial charge on any atom is 0.250 e. The predicted octanol–water partition coefficient (Wildman–Crippen LogP) is 0.515. The molecule has 0 saturated carbocycles. The van der Waals surface area contributed by atoms with E-state index in [1.807, 2.05) is 12.1 Å². The highest BCUT2D eigenvalue weighted by molar-refractivity contribution is 5.91. The molecule has 1 aromatic heterocycles. The van der Waals surface area contributed by atoms with Crippen LogP contribution >= 0.6 is 0 Å². The number of nitrogens with zero attached hydrogens (tertiary/aromatic N) is 2. The van der Waals surface area contributed by atoms with Gasteiger partial charge in [0.25, 0.3) is 0 Å². The van der Waals surface area contributed by atoms with E-state index in [0.29, 0.717) is 23.9 Å². The van der Waals surface area contributed by atoms with E-state index in [2.05, 4.69) is 20.5 Å². The van der Waals surface area contributed by atoms with E-state index in [4.69, 9.17) is 10.5 Å². The molecule has 19 heavy (non-hydrogen) atoms. The fourth-order valence-corrected chi connectivity index (χ4v) is 1.55. The van der Waals surface area contributed by atoms with Crippen LogP contribution in [0.4, 0.5) is 5.69 Å². The number of rotatable bonds is 5. The molecule has 0 fully saturated rings. The van der Waals surface area contributed by atoms with Gasteiger partial charge in [0.05, 0.1) is 6.54 Å². The second-order valence-corrected chi connectivity index (χ2v) is 3.87. The van der Waals surface area contributed by atoms with Crippen LogP contribution in [0.25, 0.3) is 11.4 Å². The molecule has 0 saturated heterocycles.